The number of hydrogen-bond donors (Lipinski definition) is 3. The maximum atomic E-state index is 14.1. The summed E-state index contributed by atoms with van der Waals surface area (Å²) in [7, 11) is 0. The quantitative estimate of drug-likeness (QED) is 0.634. The maximum Gasteiger partial charge on any atom is 0.222 e. The predicted molar refractivity (Wildman–Crippen MR) is 98.1 cm³/mol. The molecule has 2 aromatic heterocycles. The SMILES string of the molecule is CC(=O)Nc1cc(Nc2cc(-c3cc(Cl)ccc3F)ncc2O)ccn1. The van der Waals surface area contributed by atoms with E-state index in [0.29, 0.717) is 27.9 Å². The normalized spacial score (nSPS) is 10.4. The fourth-order valence-corrected chi connectivity index (χ4v) is 2.47. The lowest BCUT2D eigenvalue weighted by atomic mass is 10.1. The molecule has 3 aromatic rings. The van der Waals surface area contributed by atoms with Crippen molar-refractivity contribution in [1.29, 1.82) is 0 Å². The molecule has 6 nitrogen and oxygen atoms in total. The zero-order valence-corrected chi connectivity index (χ0v) is 14.4. The second-order valence-corrected chi connectivity index (χ2v) is 5.88. The summed E-state index contributed by atoms with van der Waals surface area (Å²) >= 11 is 5.93. The minimum Gasteiger partial charge on any atom is -0.504 e. The number of anilines is 3. The van der Waals surface area contributed by atoms with E-state index in [1.165, 1.54) is 43.6 Å². The third kappa shape index (κ3) is 4.07. The molecule has 0 bridgehead atoms. The van der Waals surface area contributed by atoms with Gasteiger partial charge in [0.05, 0.1) is 17.6 Å². The molecule has 8 heteroatoms. The molecular formula is C18H14ClFN4O2. The summed E-state index contributed by atoms with van der Waals surface area (Å²) in [6.45, 7) is 1.38. The lowest BCUT2D eigenvalue weighted by molar-refractivity contribution is -0.114. The van der Waals surface area contributed by atoms with Crippen LogP contribution < -0.4 is 10.6 Å². The lowest BCUT2D eigenvalue weighted by Gasteiger charge is -2.11. The first kappa shape index (κ1) is 17.6. The highest BCUT2D eigenvalue weighted by atomic mass is 35.5. The Balaban J connectivity index is 1.94. The van der Waals surface area contributed by atoms with E-state index in [2.05, 4.69) is 20.6 Å². The molecule has 2 heterocycles. The van der Waals surface area contributed by atoms with E-state index < -0.39 is 5.82 Å². The van der Waals surface area contributed by atoms with Crippen molar-refractivity contribution in [2.24, 2.45) is 0 Å². The van der Waals surface area contributed by atoms with Crippen LogP contribution in [0.5, 0.6) is 5.75 Å². The second kappa shape index (κ2) is 7.37. The van der Waals surface area contributed by atoms with Crippen LogP contribution in [-0.2, 0) is 4.79 Å². The van der Waals surface area contributed by atoms with Crippen molar-refractivity contribution < 1.29 is 14.3 Å². The Kier molecular flexibility index (Phi) is 4.99. The topological polar surface area (TPSA) is 87.1 Å². The number of rotatable bonds is 4. The number of aromatic hydroxyl groups is 1. The first-order valence-electron chi connectivity index (χ1n) is 7.57. The molecule has 3 N–H and O–H groups in total. The number of nitrogens with one attached hydrogen (secondary N) is 2. The number of hydrogen-bond acceptors (Lipinski definition) is 5. The molecule has 1 amide bonds. The molecule has 0 atom stereocenters. The van der Waals surface area contributed by atoms with E-state index >= 15 is 0 Å². The number of nitrogens with zero attached hydrogens (tertiary/aromatic N) is 2. The first-order chi connectivity index (χ1) is 12.4. The lowest BCUT2D eigenvalue weighted by Crippen LogP contribution is -2.07. The second-order valence-electron chi connectivity index (χ2n) is 5.45. The molecule has 0 saturated carbocycles. The summed E-state index contributed by atoms with van der Waals surface area (Å²) in [6, 6.07) is 8.91. The number of halogens is 2. The fraction of sp³-hybridized carbons (Fsp3) is 0.0556. The van der Waals surface area contributed by atoms with E-state index in [-0.39, 0.29) is 17.2 Å². The van der Waals surface area contributed by atoms with Gasteiger partial charge in [-0.3, -0.25) is 9.78 Å². The van der Waals surface area contributed by atoms with Crippen LogP contribution in [0, 0.1) is 5.82 Å². The van der Waals surface area contributed by atoms with Gasteiger partial charge < -0.3 is 15.7 Å². The number of pyridine rings is 2. The number of benzene rings is 1. The highest BCUT2D eigenvalue weighted by Gasteiger charge is 2.11. The van der Waals surface area contributed by atoms with Crippen LogP contribution in [0.15, 0.2) is 48.8 Å². The van der Waals surface area contributed by atoms with Crippen LogP contribution in [-0.4, -0.2) is 21.0 Å². The third-order valence-electron chi connectivity index (χ3n) is 3.43. The van der Waals surface area contributed by atoms with Crippen LogP contribution >= 0.6 is 11.6 Å². The van der Waals surface area contributed by atoms with Gasteiger partial charge in [0.15, 0.2) is 5.75 Å². The molecule has 0 saturated heterocycles. The van der Waals surface area contributed by atoms with Crippen LogP contribution in [0.2, 0.25) is 5.02 Å². The Bertz CT molecular complexity index is 981. The Morgan fingerprint density at radius 1 is 1.19 bits per heavy atom. The highest BCUT2D eigenvalue weighted by molar-refractivity contribution is 6.30. The molecule has 0 unspecified atom stereocenters. The van der Waals surface area contributed by atoms with Crippen molar-refractivity contribution in [3.63, 3.8) is 0 Å². The van der Waals surface area contributed by atoms with Crippen molar-refractivity contribution in [3.8, 4) is 17.0 Å². The molecule has 132 valence electrons. The highest BCUT2D eigenvalue weighted by Crippen LogP contribution is 2.32. The molecule has 0 aliphatic heterocycles. The Morgan fingerprint density at radius 2 is 2.00 bits per heavy atom. The summed E-state index contributed by atoms with van der Waals surface area (Å²) in [5, 5.41) is 16.0. The first-order valence-corrected chi connectivity index (χ1v) is 7.95. The predicted octanol–water partition coefficient (Wildman–Crippen LogP) is 4.34. The molecular weight excluding hydrogens is 359 g/mol. The van der Waals surface area contributed by atoms with Gasteiger partial charge in [-0.2, -0.15) is 0 Å². The molecule has 3 rings (SSSR count). The number of carbonyl (C=O) groups is 1. The molecule has 0 radical (unpaired) electrons. The van der Waals surface area contributed by atoms with Crippen LogP contribution in [0.1, 0.15) is 6.92 Å². The zero-order valence-electron chi connectivity index (χ0n) is 13.6. The molecule has 0 aliphatic carbocycles. The fourth-order valence-electron chi connectivity index (χ4n) is 2.30. The standard InChI is InChI=1S/C18H14ClFN4O2/c1-10(25)23-18-7-12(4-5-21-18)24-16-8-15(22-9-17(16)26)13-6-11(19)2-3-14(13)20/h2-9,26H,1H3,(H2,21,22,23,24,25). The van der Waals surface area contributed by atoms with Crippen LogP contribution in [0.3, 0.4) is 0 Å². The van der Waals surface area contributed by atoms with E-state index in [0.717, 1.165) is 0 Å². The maximum absolute atomic E-state index is 14.1. The zero-order chi connectivity index (χ0) is 18.7. The van der Waals surface area contributed by atoms with Crippen molar-refractivity contribution in [2.75, 3.05) is 10.6 Å². The summed E-state index contributed by atoms with van der Waals surface area (Å²) in [4.78, 5) is 19.2. The minimum atomic E-state index is -0.476. The van der Waals surface area contributed by atoms with Gasteiger partial charge in [0, 0.05) is 35.5 Å². The number of carbonyl (C=O) groups excluding carboxylic acids is 1. The Labute approximate surface area is 153 Å². The van der Waals surface area contributed by atoms with Gasteiger partial charge >= 0.3 is 0 Å². The Hall–Kier alpha value is -3.19. The van der Waals surface area contributed by atoms with Gasteiger partial charge in [0.25, 0.3) is 0 Å². The van der Waals surface area contributed by atoms with Crippen molar-refractivity contribution >= 4 is 34.7 Å². The number of aromatic nitrogens is 2. The smallest absolute Gasteiger partial charge is 0.222 e. The van der Waals surface area contributed by atoms with Crippen LogP contribution in [0.4, 0.5) is 21.6 Å². The largest absolute Gasteiger partial charge is 0.504 e. The van der Waals surface area contributed by atoms with E-state index in [1.54, 1.807) is 12.1 Å². The van der Waals surface area contributed by atoms with Crippen molar-refractivity contribution in [1.82, 2.24) is 9.97 Å². The van der Waals surface area contributed by atoms with Gasteiger partial charge in [0.2, 0.25) is 5.91 Å². The van der Waals surface area contributed by atoms with Gasteiger partial charge in [-0.15, -0.1) is 0 Å². The van der Waals surface area contributed by atoms with Gasteiger partial charge in [-0.05, 0) is 30.3 Å². The number of amides is 1. The van der Waals surface area contributed by atoms with Crippen molar-refractivity contribution in [3.05, 3.63) is 59.6 Å². The molecule has 26 heavy (non-hydrogen) atoms. The minimum absolute atomic E-state index is 0.117. The molecule has 0 aliphatic rings. The third-order valence-corrected chi connectivity index (χ3v) is 3.67. The monoisotopic (exact) mass is 372 g/mol. The molecule has 0 spiro atoms. The van der Waals surface area contributed by atoms with E-state index in [4.69, 9.17) is 11.6 Å². The van der Waals surface area contributed by atoms with E-state index in [1.807, 2.05) is 0 Å². The summed E-state index contributed by atoms with van der Waals surface area (Å²) in [5.41, 5.74) is 1.41. The summed E-state index contributed by atoms with van der Waals surface area (Å²) in [5.74, 6) is -0.484. The summed E-state index contributed by atoms with van der Waals surface area (Å²) in [6.07, 6.45) is 2.72. The summed E-state index contributed by atoms with van der Waals surface area (Å²) < 4.78 is 14.1. The van der Waals surface area contributed by atoms with Gasteiger partial charge in [-0.25, -0.2) is 9.37 Å². The molecule has 1 aromatic carbocycles. The molecule has 0 fully saturated rings. The van der Waals surface area contributed by atoms with E-state index in [9.17, 15) is 14.3 Å². The average molecular weight is 373 g/mol. The average Bonchev–Trinajstić information content (AvgIpc) is 2.59. The van der Waals surface area contributed by atoms with Crippen molar-refractivity contribution in [2.45, 2.75) is 6.92 Å². The van der Waals surface area contributed by atoms with Gasteiger partial charge in [-0.1, -0.05) is 11.6 Å². The van der Waals surface area contributed by atoms with Crippen LogP contribution in [0.25, 0.3) is 11.3 Å². The van der Waals surface area contributed by atoms with Gasteiger partial charge in [0.1, 0.15) is 11.6 Å². The Morgan fingerprint density at radius 3 is 2.77 bits per heavy atom.